The molecule has 0 fully saturated rings. The Morgan fingerprint density at radius 2 is 2.00 bits per heavy atom. The number of aldehydes is 1. The minimum absolute atomic E-state index is 0.316. The first-order chi connectivity index (χ1) is 7.22. The molecule has 4 heteroatoms. The van der Waals surface area contributed by atoms with Crippen LogP contribution in [0.25, 0.3) is 5.69 Å². The van der Waals surface area contributed by atoms with Crippen molar-refractivity contribution in [2.24, 2.45) is 0 Å². The van der Waals surface area contributed by atoms with E-state index in [9.17, 15) is 4.79 Å². The molecule has 4 nitrogen and oxygen atoms in total. The van der Waals surface area contributed by atoms with Gasteiger partial charge in [0, 0.05) is 5.69 Å². The average molecular weight is 201 g/mol. The molecule has 0 saturated carbocycles. The summed E-state index contributed by atoms with van der Waals surface area (Å²) < 4.78 is 1.62. The molecule has 0 radical (unpaired) electrons. The Bertz CT molecular complexity index is 485. The molecular weight excluding hydrogens is 190 g/mol. The number of imidazole rings is 1. The summed E-state index contributed by atoms with van der Waals surface area (Å²) in [6.07, 6.45) is 2.17. The largest absolute Gasteiger partial charge is 0.383 e. The van der Waals surface area contributed by atoms with E-state index in [1.54, 1.807) is 4.57 Å². The van der Waals surface area contributed by atoms with Crippen molar-refractivity contribution >= 4 is 12.1 Å². The highest BCUT2D eigenvalue weighted by molar-refractivity contribution is 5.72. The maximum absolute atomic E-state index is 10.7. The lowest BCUT2D eigenvalue weighted by Gasteiger charge is -2.06. The van der Waals surface area contributed by atoms with Crippen molar-refractivity contribution in [3.8, 4) is 5.69 Å². The average Bonchev–Trinajstić information content (AvgIpc) is 2.61. The molecule has 1 aromatic carbocycles. The first-order valence-corrected chi connectivity index (χ1v) is 4.58. The number of aromatic nitrogens is 2. The van der Waals surface area contributed by atoms with Gasteiger partial charge in [-0.2, -0.15) is 0 Å². The molecule has 1 heterocycles. The van der Waals surface area contributed by atoms with Gasteiger partial charge in [-0.3, -0.25) is 9.36 Å². The predicted octanol–water partition coefficient (Wildman–Crippen LogP) is 1.58. The fraction of sp³-hybridized carbons (Fsp3) is 0.0909. The van der Waals surface area contributed by atoms with Gasteiger partial charge in [0.25, 0.3) is 0 Å². The van der Waals surface area contributed by atoms with Gasteiger partial charge in [0.1, 0.15) is 5.82 Å². The first kappa shape index (κ1) is 9.45. The lowest BCUT2D eigenvalue weighted by atomic mass is 10.2. The van der Waals surface area contributed by atoms with E-state index in [4.69, 9.17) is 5.73 Å². The Labute approximate surface area is 87.4 Å². The number of hydrogen-bond donors (Lipinski definition) is 1. The number of nitrogens with two attached hydrogens (primary N) is 1. The van der Waals surface area contributed by atoms with Crippen LogP contribution in [0.5, 0.6) is 0 Å². The summed E-state index contributed by atoms with van der Waals surface area (Å²) in [6.45, 7) is 2.00. The summed E-state index contributed by atoms with van der Waals surface area (Å²) >= 11 is 0. The number of nitrogen functional groups attached to an aromatic ring is 1. The van der Waals surface area contributed by atoms with Crippen LogP contribution in [-0.2, 0) is 0 Å². The van der Waals surface area contributed by atoms with E-state index in [1.807, 2.05) is 31.2 Å². The summed E-state index contributed by atoms with van der Waals surface area (Å²) in [5.41, 5.74) is 7.73. The third-order valence-corrected chi connectivity index (χ3v) is 2.21. The van der Waals surface area contributed by atoms with Gasteiger partial charge in [0.15, 0.2) is 12.1 Å². The van der Waals surface area contributed by atoms with Gasteiger partial charge in [0.2, 0.25) is 0 Å². The van der Waals surface area contributed by atoms with E-state index >= 15 is 0 Å². The molecule has 0 aliphatic heterocycles. The lowest BCUT2D eigenvalue weighted by Crippen LogP contribution is -2.03. The van der Waals surface area contributed by atoms with Crippen LogP contribution in [-0.4, -0.2) is 15.8 Å². The Kier molecular flexibility index (Phi) is 2.25. The van der Waals surface area contributed by atoms with E-state index in [2.05, 4.69) is 4.98 Å². The summed E-state index contributed by atoms with van der Waals surface area (Å²) in [5, 5.41) is 0. The van der Waals surface area contributed by atoms with Crippen molar-refractivity contribution in [1.82, 2.24) is 9.55 Å². The number of carbonyl (C=O) groups excluding carboxylic acids is 1. The molecule has 15 heavy (non-hydrogen) atoms. The van der Waals surface area contributed by atoms with Gasteiger partial charge in [0.05, 0.1) is 6.20 Å². The second-order valence-electron chi connectivity index (χ2n) is 3.33. The Hall–Kier alpha value is -2.10. The van der Waals surface area contributed by atoms with Crippen molar-refractivity contribution in [2.45, 2.75) is 6.92 Å². The van der Waals surface area contributed by atoms with Crippen LogP contribution in [0.2, 0.25) is 0 Å². The van der Waals surface area contributed by atoms with Crippen molar-refractivity contribution in [2.75, 3.05) is 5.73 Å². The second-order valence-corrected chi connectivity index (χ2v) is 3.33. The highest BCUT2D eigenvalue weighted by Crippen LogP contribution is 2.15. The van der Waals surface area contributed by atoms with Gasteiger partial charge in [-0.05, 0) is 19.1 Å². The molecule has 0 spiro atoms. The molecule has 0 aliphatic carbocycles. The minimum Gasteiger partial charge on any atom is -0.383 e. The standard InChI is InChI=1S/C11H11N3O/c1-8-2-4-9(5-3-8)14-10(12)6-13-11(14)7-15/h2-7H,12H2,1H3. The first-order valence-electron chi connectivity index (χ1n) is 4.58. The minimum atomic E-state index is 0.316. The number of benzene rings is 1. The van der Waals surface area contributed by atoms with Gasteiger partial charge >= 0.3 is 0 Å². The number of anilines is 1. The lowest BCUT2D eigenvalue weighted by molar-refractivity contribution is 0.111. The molecule has 0 bridgehead atoms. The Morgan fingerprint density at radius 1 is 1.33 bits per heavy atom. The molecule has 2 aromatic rings. The third kappa shape index (κ3) is 1.61. The van der Waals surface area contributed by atoms with E-state index in [0.29, 0.717) is 17.9 Å². The Morgan fingerprint density at radius 3 is 2.60 bits per heavy atom. The molecule has 0 aliphatic rings. The summed E-state index contributed by atoms with van der Waals surface area (Å²) in [6, 6.07) is 7.73. The molecule has 1 aromatic heterocycles. The smallest absolute Gasteiger partial charge is 0.186 e. The van der Waals surface area contributed by atoms with Crippen LogP contribution in [0.15, 0.2) is 30.5 Å². The molecule has 2 rings (SSSR count). The highest BCUT2D eigenvalue weighted by atomic mass is 16.1. The Balaban J connectivity index is 2.57. The van der Waals surface area contributed by atoms with Crippen LogP contribution in [0.1, 0.15) is 16.2 Å². The summed E-state index contributed by atoms with van der Waals surface area (Å²) in [7, 11) is 0. The maximum atomic E-state index is 10.7. The van der Waals surface area contributed by atoms with Gasteiger partial charge in [-0.1, -0.05) is 17.7 Å². The van der Waals surface area contributed by atoms with E-state index in [0.717, 1.165) is 11.3 Å². The van der Waals surface area contributed by atoms with Crippen LogP contribution in [0, 0.1) is 6.92 Å². The fourth-order valence-corrected chi connectivity index (χ4v) is 1.44. The zero-order valence-corrected chi connectivity index (χ0v) is 8.34. The topological polar surface area (TPSA) is 60.9 Å². The molecule has 2 N–H and O–H groups in total. The predicted molar refractivity (Wildman–Crippen MR) is 58.1 cm³/mol. The van der Waals surface area contributed by atoms with Crippen molar-refractivity contribution in [3.63, 3.8) is 0 Å². The fourth-order valence-electron chi connectivity index (χ4n) is 1.44. The monoisotopic (exact) mass is 201 g/mol. The highest BCUT2D eigenvalue weighted by Gasteiger charge is 2.07. The van der Waals surface area contributed by atoms with Crippen LogP contribution >= 0.6 is 0 Å². The second kappa shape index (κ2) is 3.57. The molecular formula is C11H11N3O. The van der Waals surface area contributed by atoms with Crippen molar-refractivity contribution < 1.29 is 4.79 Å². The molecule has 76 valence electrons. The SMILES string of the molecule is Cc1ccc(-n2c(N)cnc2C=O)cc1. The normalized spacial score (nSPS) is 10.2. The summed E-state index contributed by atoms with van der Waals surface area (Å²) in [5.74, 6) is 0.775. The van der Waals surface area contributed by atoms with E-state index in [1.165, 1.54) is 6.20 Å². The molecule has 0 atom stereocenters. The molecule has 0 unspecified atom stereocenters. The number of carbonyl (C=O) groups is 1. The van der Waals surface area contributed by atoms with Crippen LogP contribution in [0.4, 0.5) is 5.82 Å². The van der Waals surface area contributed by atoms with Gasteiger partial charge in [-0.15, -0.1) is 0 Å². The number of nitrogens with zero attached hydrogens (tertiary/aromatic N) is 2. The van der Waals surface area contributed by atoms with Crippen molar-refractivity contribution in [1.29, 1.82) is 0 Å². The molecule has 0 amide bonds. The van der Waals surface area contributed by atoms with Gasteiger partial charge in [-0.25, -0.2) is 4.98 Å². The van der Waals surface area contributed by atoms with Gasteiger partial charge < -0.3 is 5.73 Å². The van der Waals surface area contributed by atoms with E-state index < -0.39 is 0 Å². The number of rotatable bonds is 2. The summed E-state index contributed by atoms with van der Waals surface area (Å²) in [4.78, 5) is 14.6. The van der Waals surface area contributed by atoms with Crippen molar-refractivity contribution in [3.05, 3.63) is 41.9 Å². The maximum Gasteiger partial charge on any atom is 0.186 e. The van der Waals surface area contributed by atoms with E-state index in [-0.39, 0.29) is 0 Å². The number of hydrogen-bond acceptors (Lipinski definition) is 3. The third-order valence-electron chi connectivity index (χ3n) is 2.21. The zero-order chi connectivity index (χ0) is 10.8. The number of aryl methyl sites for hydroxylation is 1. The van der Waals surface area contributed by atoms with Crippen LogP contribution < -0.4 is 5.73 Å². The van der Waals surface area contributed by atoms with Crippen LogP contribution in [0.3, 0.4) is 0 Å². The molecule has 0 saturated heterocycles. The zero-order valence-electron chi connectivity index (χ0n) is 8.34. The quantitative estimate of drug-likeness (QED) is 0.750.